The monoisotopic (exact) mass is 343 g/mol. The van der Waals surface area contributed by atoms with Crippen LogP contribution in [0.1, 0.15) is 19.4 Å². The molecule has 0 aliphatic carbocycles. The van der Waals surface area contributed by atoms with Crippen LogP contribution in [-0.2, 0) is 6.54 Å². The minimum atomic E-state index is -0.169. The minimum Gasteiger partial charge on any atom is -0.497 e. The van der Waals surface area contributed by atoms with Crippen molar-refractivity contribution in [1.82, 2.24) is 10.2 Å². The zero-order valence-corrected chi connectivity index (χ0v) is 15.0. The van der Waals surface area contributed by atoms with Crippen LogP contribution in [0.3, 0.4) is 0 Å². The van der Waals surface area contributed by atoms with Crippen LogP contribution < -0.4 is 15.0 Å². The highest BCUT2D eigenvalue weighted by atomic mass is 16.5. The van der Waals surface area contributed by atoms with Gasteiger partial charge in [0.2, 0.25) is 0 Å². The van der Waals surface area contributed by atoms with Crippen molar-refractivity contribution in [3.8, 4) is 5.75 Å². The number of carbonyl (C=O) groups is 1. The molecule has 0 bridgehead atoms. The van der Waals surface area contributed by atoms with E-state index < -0.39 is 0 Å². The number of anilines is 1. The summed E-state index contributed by atoms with van der Waals surface area (Å²) in [6.45, 7) is 6.90. The molecule has 0 radical (unpaired) electrons. The summed E-state index contributed by atoms with van der Waals surface area (Å²) in [5.41, 5.74) is 1.91. The summed E-state index contributed by atoms with van der Waals surface area (Å²) in [5, 5.41) is 2.95. The number of ether oxygens (including phenoxy) is 1. The van der Waals surface area contributed by atoms with Crippen molar-refractivity contribution in [3.05, 3.63) is 48.4 Å². The van der Waals surface area contributed by atoms with Gasteiger partial charge in [-0.2, -0.15) is 0 Å². The van der Waals surface area contributed by atoms with Crippen LogP contribution in [0.4, 0.5) is 10.5 Å². The van der Waals surface area contributed by atoms with E-state index in [1.807, 2.05) is 29.2 Å². The summed E-state index contributed by atoms with van der Waals surface area (Å²) < 4.78 is 10.4. The third kappa shape index (κ3) is 3.90. The highest BCUT2D eigenvalue weighted by Gasteiger charge is 2.35. The second-order valence-corrected chi connectivity index (χ2v) is 6.88. The van der Waals surface area contributed by atoms with Gasteiger partial charge < -0.3 is 24.3 Å². The maximum absolute atomic E-state index is 12.5. The Balaban J connectivity index is 1.64. The Morgan fingerprint density at radius 1 is 1.32 bits per heavy atom. The van der Waals surface area contributed by atoms with Gasteiger partial charge in [0.15, 0.2) is 0 Å². The van der Waals surface area contributed by atoms with Crippen LogP contribution in [0.2, 0.25) is 0 Å². The highest BCUT2D eigenvalue weighted by Crippen LogP contribution is 2.30. The first kappa shape index (κ1) is 17.2. The van der Waals surface area contributed by atoms with Crippen molar-refractivity contribution in [3.63, 3.8) is 0 Å². The van der Waals surface area contributed by atoms with Crippen molar-refractivity contribution >= 4 is 11.7 Å². The number of hydrogen-bond donors (Lipinski definition) is 1. The average Bonchev–Trinajstić information content (AvgIpc) is 3.12. The molecule has 6 heteroatoms. The number of piperazine rings is 1. The SMILES string of the molecule is COc1cccc(N2CCN(C(=O)NCc3ccoc3)CC2(C)C)c1. The molecule has 3 rings (SSSR count). The number of rotatable bonds is 4. The Kier molecular flexibility index (Phi) is 4.88. The Morgan fingerprint density at radius 2 is 2.16 bits per heavy atom. The lowest BCUT2D eigenvalue weighted by atomic mass is 9.98. The molecule has 1 fully saturated rings. The molecule has 2 aromatic rings. The van der Waals surface area contributed by atoms with Crippen molar-refractivity contribution in [2.45, 2.75) is 25.9 Å². The van der Waals surface area contributed by atoms with Crippen LogP contribution in [0.5, 0.6) is 5.75 Å². The highest BCUT2D eigenvalue weighted by molar-refractivity contribution is 5.75. The molecule has 1 aromatic heterocycles. The first-order valence-electron chi connectivity index (χ1n) is 8.45. The lowest BCUT2D eigenvalue weighted by Crippen LogP contribution is -2.62. The molecular formula is C19H25N3O3. The summed E-state index contributed by atoms with van der Waals surface area (Å²) in [4.78, 5) is 16.7. The molecule has 0 atom stereocenters. The standard InChI is InChI=1S/C19H25N3O3/c1-19(2)14-21(18(23)20-12-15-7-10-25-13-15)8-9-22(19)16-5-4-6-17(11-16)24-3/h4-7,10-11,13H,8-9,12,14H2,1-3H3,(H,20,23). The number of methoxy groups -OCH3 is 1. The molecule has 1 aliphatic rings. The van der Waals surface area contributed by atoms with Gasteiger partial charge in [-0.25, -0.2) is 4.79 Å². The molecule has 0 spiro atoms. The largest absolute Gasteiger partial charge is 0.497 e. The lowest BCUT2D eigenvalue weighted by Gasteiger charge is -2.48. The summed E-state index contributed by atoms with van der Waals surface area (Å²) >= 11 is 0. The predicted molar refractivity (Wildman–Crippen MR) is 96.9 cm³/mol. The van der Waals surface area contributed by atoms with E-state index in [0.717, 1.165) is 23.5 Å². The van der Waals surface area contributed by atoms with Gasteiger partial charge in [-0.05, 0) is 32.0 Å². The number of amides is 2. The molecule has 1 N–H and O–H groups in total. The van der Waals surface area contributed by atoms with Gasteiger partial charge in [0.25, 0.3) is 0 Å². The molecular weight excluding hydrogens is 318 g/mol. The second kappa shape index (κ2) is 7.09. The molecule has 2 amide bonds. The lowest BCUT2D eigenvalue weighted by molar-refractivity contribution is 0.169. The van der Waals surface area contributed by atoms with E-state index in [1.165, 1.54) is 0 Å². The first-order valence-corrected chi connectivity index (χ1v) is 8.45. The van der Waals surface area contributed by atoms with Crippen LogP contribution >= 0.6 is 0 Å². The minimum absolute atomic E-state index is 0.0421. The van der Waals surface area contributed by atoms with Gasteiger partial charge in [-0.15, -0.1) is 0 Å². The number of nitrogens with zero attached hydrogens (tertiary/aromatic N) is 2. The molecule has 1 saturated heterocycles. The van der Waals surface area contributed by atoms with E-state index in [4.69, 9.17) is 9.15 Å². The normalized spacial score (nSPS) is 16.6. The van der Waals surface area contributed by atoms with Crippen LogP contribution in [0, 0.1) is 0 Å². The fraction of sp³-hybridized carbons (Fsp3) is 0.421. The molecule has 2 heterocycles. The van der Waals surface area contributed by atoms with Gasteiger partial charge >= 0.3 is 6.03 Å². The van der Waals surface area contributed by atoms with Crippen LogP contribution in [-0.4, -0.2) is 43.2 Å². The zero-order chi connectivity index (χ0) is 17.9. The number of hydrogen-bond acceptors (Lipinski definition) is 4. The van der Waals surface area contributed by atoms with E-state index in [-0.39, 0.29) is 11.6 Å². The molecule has 25 heavy (non-hydrogen) atoms. The molecule has 0 saturated carbocycles. The quantitative estimate of drug-likeness (QED) is 0.927. The third-order valence-corrected chi connectivity index (χ3v) is 4.58. The second-order valence-electron chi connectivity index (χ2n) is 6.88. The van der Waals surface area contributed by atoms with E-state index in [9.17, 15) is 4.79 Å². The number of furan rings is 1. The average molecular weight is 343 g/mol. The molecule has 134 valence electrons. The Morgan fingerprint density at radius 3 is 2.84 bits per heavy atom. The Bertz CT molecular complexity index is 712. The van der Waals surface area contributed by atoms with Gasteiger partial charge in [0.1, 0.15) is 5.75 Å². The predicted octanol–water partition coefficient (Wildman–Crippen LogP) is 3.10. The number of urea groups is 1. The topological polar surface area (TPSA) is 58.0 Å². The van der Waals surface area contributed by atoms with E-state index in [1.54, 1.807) is 19.6 Å². The van der Waals surface area contributed by atoms with Crippen LogP contribution in [0.15, 0.2) is 47.3 Å². The van der Waals surface area contributed by atoms with E-state index in [0.29, 0.717) is 19.6 Å². The van der Waals surface area contributed by atoms with Gasteiger partial charge in [0.05, 0.1) is 25.2 Å². The summed E-state index contributed by atoms with van der Waals surface area (Å²) in [6.07, 6.45) is 3.25. The van der Waals surface area contributed by atoms with Crippen molar-refractivity contribution < 1.29 is 13.9 Å². The number of carbonyl (C=O) groups excluding carboxylic acids is 1. The number of nitrogens with one attached hydrogen (secondary N) is 1. The molecule has 1 aliphatic heterocycles. The van der Waals surface area contributed by atoms with Crippen LogP contribution in [0.25, 0.3) is 0 Å². The van der Waals surface area contributed by atoms with E-state index in [2.05, 4.69) is 30.1 Å². The first-order chi connectivity index (χ1) is 12.0. The fourth-order valence-corrected chi connectivity index (χ4v) is 3.27. The molecule has 1 aromatic carbocycles. The molecule has 6 nitrogen and oxygen atoms in total. The Labute approximate surface area is 148 Å². The van der Waals surface area contributed by atoms with Crippen molar-refractivity contribution in [2.75, 3.05) is 31.6 Å². The number of benzene rings is 1. The molecule has 0 unspecified atom stereocenters. The third-order valence-electron chi connectivity index (χ3n) is 4.58. The Hall–Kier alpha value is -2.63. The summed E-state index contributed by atoms with van der Waals surface area (Å²) in [6, 6.07) is 9.87. The van der Waals surface area contributed by atoms with Crippen molar-refractivity contribution in [2.24, 2.45) is 0 Å². The van der Waals surface area contributed by atoms with Gasteiger partial charge in [-0.3, -0.25) is 0 Å². The van der Waals surface area contributed by atoms with Crippen molar-refractivity contribution in [1.29, 1.82) is 0 Å². The maximum atomic E-state index is 12.5. The maximum Gasteiger partial charge on any atom is 0.317 e. The van der Waals surface area contributed by atoms with E-state index >= 15 is 0 Å². The fourth-order valence-electron chi connectivity index (χ4n) is 3.27. The van der Waals surface area contributed by atoms with Gasteiger partial charge in [-0.1, -0.05) is 6.07 Å². The van der Waals surface area contributed by atoms with Gasteiger partial charge in [0, 0.05) is 43.5 Å². The zero-order valence-electron chi connectivity index (χ0n) is 15.0. The smallest absolute Gasteiger partial charge is 0.317 e. The summed E-state index contributed by atoms with van der Waals surface area (Å²) in [7, 11) is 1.67. The summed E-state index contributed by atoms with van der Waals surface area (Å²) in [5.74, 6) is 0.841.